The Balaban J connectivity index is 0. The van der Waals surface area contributed by atoms with Crippen molar-refractivity contribution in [3.63, 3.8) is 0 Å². The van der Waals surface area contributed by atoms with Gasteiger partial charge in [0.2, 0.25) is 0 Å². The number of hydrogen-bond acceptors (Lipinski definition) is 5. The fraction of sp³-hybridized carbons (Fsp3) is 1.00. The highest BCUT2D eigenvalue weighted by atomic mass is 16.7. The number of hydrogen-bond donors (Lipinski definition) is 0. The summed E-state index contributed by atoms with van der Waals surface area (Å²) in [5, 5.41) is 0. The van der Waals surface area contributed by atoms with E-state index in [1.165, 1.54) is 44.9 Å². The molecule has 2 atom stereocenters. The smallest absolute Gasteiger partial charge is 0.157 e. The normalized spacial score (nSPS) is 24.7. The van der Waals surface area contributed by atoms with Crippen LogP contribution in [0.1, 0.15) is 85.5 Å². The summed E-state index contributed by atoms with van der Waals surface area (Å²) in [6.45, 7) is 11.7. The molecule has 0 aromatic rings. The minimum absolute atomic E-state index is 0.0868. The lowest BCUT2D eigenvalue weighted by Gasteiger charge is -2.20. The average molecular weight is 379 g/mol. The highest BCUT2D eigenvalue weighted by Crippen LogP contribution is 2.12. The second-order valence-corrected chi connectivity index (χ2v) is 5.74. The zero-order valence-corrected chi connectivity index (χ0v) is 18.4. The standard InChI is InChI=1S/2C6H12O2.C5H10O.2C2H6/c2*1-7-6-4-2-3-5-8-6;1-2-4-6-5-3-1;2*1-2/h2*6H,2-5H2,1H3;1-5H2;2*1-2H3/t2*6-;;;/m11.../s1. The molecule has 26 heavy (non-hydrogen) atoms. The Labute approximate surface area is 163 Å². The van der Waals surface area contributed by atoms with Gasteiger partial charge < -0.3 is 23.7 Å². The van der Waals surface area contributed by atoms with Gasteiger partial charge in [-0.05, 0) is 57.8 Å². The van der Waals surface area contributed by atoms with Gasteiger partial charge in [-0.3, -0.25) is 0 Å². The third-order valence-electron chi connectivity index (χ3n) is 3.88. The Morgan fingerprint density at radius 3 is 1.08 bits per heavy atom. The molecule has 5 nitrogen and oxygen atoms in total. The van der Waals surface area contributed by atoms with Crippen molar-refractivity contribution in [2.24, 2.45) is 0 Å². The lowest BCUT2D eigenvalue weighted by atomic mass is 10.2. The van der Waals surface area contributed by atoms with Crippen LogP contribution < -0.4 is 0 Å². The molecule has 0 aromatic carbocycles. The SMILES string of the molecule is C1CCOCC1.CC.CC.CO[C@H]1CCCCO1.CO[C@H]1CCCCO1. The van der Waals surface area contributed by atoms with Crippen LogP contribution in [-0.2, 0) is 23.7 Å². The molecule has 0 radical (unpaired) electrons. The molecule has 3 saturated heterocycles. The number of methoxy groups -OCH3 is 2. The van der Waals surface area contributed by atoms with E-state index in [0.29, 0.717) is 0 Å². The van der Waals surface area contributed by atoms with E-state index in [1.807, 2.05) is 27.7 Å². The Morgan fingerprint density at radius 2 is 0.923 bits per heavy atom. The molecule has 0 aromatic heterocycles. The van der Waals surface area contributed by atoms with Gasteiger partial charge >= 0.3 is 0 Å². The van der Waals surface area contributed by atoms with Crippen molar-refractivity contribution in [2.75, 3.05) is 40.6 Å². The molecule has 0 bridgehead atoms. The summed E-state index contributed by atoms with van der Waals surface area (Å²) < 4.78 is 25.4. The van der Waals surface area contributed by atoms with E-state index in [1.54, 1.807) is 14.2 Å². The fourth-order valence-corrected chi connectivity index (χ4v) is 2.48. The molecular formula is C21H46O5. The molecule has 0 aliphatic carbocycles. The van der Waals surface area contributed by atoms with Gasteiger partial charge in [-0.1, -0.05) is 27.7 Å². The summed E-state index contributed by atoms with van der Waals surface area (Å²) in [6.07, 6.45) is 11.1. The Bertz CT molecular complexity index is 193. The monoisotopic (exact) mass is 378 g/mol. The second-order valence-electron chi connectivity index (χ2n) is 5.74. The van der Waals surface area contributed by atoms with Gasteiger partial charge in [-0.15, -0.1) is 0 Å². The lowest BCUT2D eigenvalue weighted by Crippen LogP contribution is -2.20. The molecule has 3 fully saturated rings. The summed E-state index contributed by atoms with van der Waals surface area (Å²) in [6, 6.07) is 0. The molecule has 0 N–H and O–H groups in total. The van der Waals surface area contributed by atoms with Crippen molar-refractivity contribution in [2.45, 2.75) is 98.1 Å². The zero-order chi connectivity index (χ0) is 19.9. The van der Waals surface area contributed by atoms with Crippen molar-refractivity contribution in [3.05, 3.63) is 0 Å². The van der Waals surface area contributed by atoms with Crippen LogP contribution in [0.2, 0.25) is 0 Å². The van der Waals surface area contributed by atoms with Crippen LogP contribution in [0.5, 0.6) is 0 Å². The topological polar surface area (TPSA) is 46.2 Å². The Hall–Kier alpha value is -0.200. The highest BCUT2D eigenvalue weighted by molar-refractivity contribution is 4.52. The molecule has 0 amide bonds. The van der Waals surface area contributed by atoms with Crippen LogP contribution in [0.4, 0.5) is 0 Å². The third kappa shape index (κ3) is 18.6. The average Bonchev–Trinajstić information content (AvgIpc) is 2.79. The van der Waals surface area contributed by atoms with Crippen molar-refractivity contribution in [1.29, 1.82) is 0 Å². The maximum atomic E-state index is 5.20. The van der Waals surface area contributed by atoms with Crippen molar-refractivity contribution >= 4 is 0 Å². The molecule has 5 heteroatoms. The third-order valence-corrected chi connectivity index (χ3v) is 3.88. The lowest BCUT2D eigenvalue weighted by molar-refractivity contribution is -0.145. The predicted octanol–water partition coefficient (Wildman–Crippen LogP) is 5.56. The molecule has 3 rings (SSSR count). The van der Waals surface area contributed by atoms with Crippen molar-refractivity contribution in [1.82, 2.24) is 0 Å². The van der Waals surface area contributed by atoms with Gasteiger partial charge in [0.1, 0.15) is 0 Å². The largest absolute Gasteiger partial charge is 0.381 e. The number of rotatable bonds is 2. The van der Waals surface area contributed by atoms with E-state index in [4.69, 9.17) is 23.7 Å². The molecule has 0 unspecified atom stereocenters. The molecule has 160 valence electrons. The van der Waals surface area contributed by atoms with Crippen LogP contribution in [-0.4, -0.2) is 53.2 Å². The molecule has 3 aliphatic rings. The fourth-order valence-electron chi connectivity index (χ4n) is 2.48. The summed E-state index contributed by atoms with van der Waals surface area (Å²) in [4.78, 5) is 0. The van der Waals surface area contributed by atoms with Crippen LogP contribution in [0.15, 0.2) is 0 Å². The first-order valence-corrected chi connectivity index (χ1v) is 10.7. The van der Waals surface area contributed by atoms with E-state index in [0.717, 1.165) is 39.3 Å². The van der Waals surface area contributed by atoms with Gasteiger partial charge in [0.05, 0.1) is 0 Å². The van der Waals surface area contributed by atoms with Crippen LogP contribution in [0.3, 0.4) is 0 Å². The van der Waals surface area contributed by atoms with E-state index in [2.05, 4.69) is 0 Å². The van der Waals surface area contributed by atoms with Crippen LogP contribution in [0, 0.1) is 0 Å². The summed E-state index contributed by atoms with van der Waals surface area (Å²) in [7, 11) is 3.38. The summed E-state index contributed by atoms with van der Waals surface area (Å²) >= 11 is 0. The zero-order valence-electron chi connectivity index (χ0n) is 18.4. The van der Waals surface area contributed by atoms with Gasteiger partial charge in [-0.25, -0.2) is 0 Å². The maximum Gasteiger partial charge on any atom is 0.157 e. The summed E-state index contributed by atoms with van der Waals surface area (Å²) in [5.41, 5.74) is 0. The van der Waals surface area contributed by atoms with Crippen LogP contribution in [0.25, 0.3) is 0 Å². The quantitative estimate of drug-likeness (QED) is 0.629. The molecule has 0 spiro atoms. The highest BCUT2D eigenvalue weighted by Gasteiger charge is 2.11. The van der Waals surface area contributed by atoms with Crippen LogP contribution >= 0.6 is 0 Å². The minimum atomic E-state index is 0.0868. The molecular weight excluding hydrogens is 332 g/mol. The molecule has 3 heterocycles. The van der Waals surface area contributed by atoms with Gasteiger partial charge in [0, 0.05) is 40.6 Å². The summed E-state index contributed by atoms with van der Waals surface area (Å²) in [5.74, 6) is 0. The second kappa shape index (κ2) is 24.8. The molecule has 0 saturated carbocycles. The number of ether oxygens (including phenoxy) is 5. The Morgan fingerprint density at radius 1 is 0.538 bits per heavy atom. The first-order chi connectivity index (χ1) is 12.9. The minimum Gasteiger partial charge on any atom is -0.381 e. The predicted molar refractivity (Wildman–Crippen MR) is 109 cm³/mol. The van der Waals surface area contributed by atoms with E-state index in [9.17, 15) is 0 Å². The first-order valence-electron chi connectivity index (χ1n) is 10.7. The van der Waals surface area contributed by atoms with E-state index >= 15 is 0 Å². The Kier molecular flexibility index (Phi) is 26.7. The van der Waals surface area contributed by atoms with E-state index in [-0.39, 0.29) is 12.6 Å². The van der Waals surface area contributed by atoms with Gasteiger partial charge in [0.15, 0.2) is 12.6 Å². The van der Waals surface area contributed by atoms with Gasteiger partial charge in [-0.2, -0.15) is 0 Å². The van der Waals surface area contributed by atoms with Crippen molar-refractivity contribution in [3.8, 4) is 0 Å². The first kappa shape index (κ1) is 28.0. The van der Waals surface area contributed by atoms with Gasteiger partial charge in [0.25, 0.3) is 0 Å². The van der Waals surface area contributed by atoms with Crippen molar-refractivity contribution < 1.29 is 23.7 Å². The molecule has 3 aliphatic heterocycles. The van der Waals surface area contributed by atoms with E-state index < -0.39 is 0 Å². The maximum absolute atomic E-state index is 5.20.